The van der Waals surface area contributed by atoms with Gasteiger partial charge in [-0.1, -0.05) is 32.6 Å². The summed E-state index contributed by atoms with van der Waals surface area (Å²) in [6.07, 6.45) is 8.91. The molecule has 2 fully saturated rings. The number of hydrogen-bond donors (Lipinski definition) is 2. The molecule has 1 saturated heterocycles. The molecule has 27 heavy (non-hydrogen) atoms. The molecule has 7 heteroatoms. The summed E-state index contributed by atoms with van der Waals surface area (Å²) < 4.78 is 5.53. The molecule has 1 amide bonds. The van der Waals surface area contributed by atoms with E-state index >= 15 is 0 Å². The molecule has 2 N–H and O–H groups in total. The molecule has 2 heterocycles. The molecular weight excluding hydrogens is 344 g/mol. The third-order valence-corrected chi connectivity index (χ3v) is 5.64. The lowest BCUT2D eigenvalue weighted by Gasteiger charge is -2.34. The van der Waals surface area contributed by atoms with Gasteiger partial charge in [-0.2, -0.15) is 0 Å². The highest BCUT2D eigenvalue weighted by atomic mass is 16.3. The first-order valence-corrected chi connectivity index (χ1v) is 10.5. The van der Waals surface area contributed by atoms with Crippen molar-refractivity contribution in [2.45, 2.75) is 70.6 Å². The topological polar surface area (TPSA) is 81.8 Å². The van der Waals surface area contributed by atoms with E-state index in [0.717, 1.165) is 58.4 Å². The quantitative estimate of drug-likeness (QED) is 0.720. The molecule has 1 saturated carbocycles. The van der Waals surface area contributed by atoms with Gasteiger partial charge in [0.2, 0.25) is 5.89 Å². The van der Waals surface area contributed by atoms with Crippen molar-refractivity contribution in [2.24, 2.45) is 0 Å². The number of nitrogens with one attached hydrogen (secondary N) is 1. The van der Waals surface area contributed by atoms with Crippen molar-refractivity contribution in [3.8, 4) is 0 Å². The average molecular weight is 379 g/mol. The second kappa shape index (κ2) is 10.2. The Labute approximate surface area is 162 Å². The molecular formula is C20H34N4O3. The first-order valence-electron chi connectivity index (χ1n) is 10.5. The van der Waals surface area contributed by atoms with Crippen LogP contribution in [0.3, 0.4) is 0 Å². The van der Waals surface area contributed by atoms with E-state index in [9.17, 15) is 9.90 Å². The molecule has 0 spiro atoms. The van der Waals surface area contributed by atoms with E-state index in [2.05, 4.69) is 27.0 Å². The lowest BCUT2D eigenvalue weighted by Crippen LogP contribution is -2.48. The summed E-state index contributed by atoms with van der Waals surface area (Å²) in [4.78, 5) is 21.3. The van der Waals surface area contributed by atoms with E-state index in [-0.39, 0.29) is 18.1 Å². The molecule has 0 unspecified atom stereocenters. The summed E-state index contributed by atoms with van der Waals surface area (Å²) in [5.74, 6) is 0.481. The fraction of sp³-hybridized carbons (Fsp3) is 0.800. The third kappa shape index (κ3) is 6.30. The van der Waals surface area contributed by atoms with Gasteiger partial charge in [0.15, 0.2) is 5.69 Å². The molecule has 3 rings (SSSR count). The number of rotatable bonds is 8. The number of oxazole rings is 1. The van der Waals surface area contributed by atoms with Crippen LogP contribution in [-0.2, 0) is 6.54 Å². The van der Waals surface area contributed by atoms with Gasteiger partial charge < -0.3 is 14.8 Å². The highest BCUT2D eigenvalue weighted by molar-refractivity contribution is 5.92. The second-order valence-corrected chi connectivity index (χ2v) is 7.95. The summed E-state index contributed by atoms with van der Waals surface area (Å²) >= 11 is 0. The maximum atomic E-state index is 12.3. The van der Waals surface area contributed by atoms with Gasteiger partial charge in [0.05, 0.1) is 12.6 Å². The van der Waals surface area contributed by atoms with Crippen molar-refractivity contribution in [1.82, 2.24) is 20.1 Å². The number of β-amino-alcohol motifs (C(OH)–C–C–N with tert-alkyl or cyclic N) is 1. The minimum atomic E-state index is -0.224. The maximum absolute atomic E-state index is 12.3. The van der Waals surface area contributed by atoms with Crippen LogP contribution in [-0.4, -0.2) is 70.7 Å². The Morgan fingerprint density at radius 1 is 1.26 bits per heavy atom. The van der Waals surface area contributed by atoms with Gasteiger partial charge in [0.25, 0.3) is 5.91 Å². The molecule has 1 aromatic heterocycles. The number of aliphatic hydroxyl groups excluding tert-OH is 1. The van der Waals surface area contributed by atoms with Gasteiger partial charge in [-0.15, -0.1) is 0 Å². The number of nitrogens with zero attached hydrogens (tertiary/aromatic N) is 3. The van der Waals surface area contributed by atoms with Crippen LogP contribution < -0.4 is 5.32 Å². The Morgan fingerprint density at radius 3 is 2.67 bits per heavy atom. The second-order valence-electron chi connectivity index (χ2n) is 7.95. The molecule has 1 aliphatic heterocycles. The largest absolute Gasteiger partial charge is 0.447 e. The van der Waals surface area contributed by atoms with Crippen LogP contribution in [0.5, 0.6) is 0 Å². The predicted molar refractivity (Wildman–Crippen MR) is 103 cm³/mol. The smallest absolute Gasteiger partial charge is 0.273 e. The van der Waals surface area contributed by atoms with Gasteiger partial charge in [-0.3, -0.25) is 14.6 Å². The molecule has 0 aromatic carbocycles. The summed E-state index contributed by atoms with van der Waals surface area (Å²) in [5, 5.41) is 13.0. The van der Waals surface area contributed by atoms with Crippen LogP contribution >= 0.6 is 0 Å². The number of carbonyl (C=O) groups is 1. The number of piperazine rings is 1. The molecule has 1 atom stereocenters. The van der Waals surface area contributed by atoms with E-state index in [1.807, 2.05) is 0 Å². The number of carbonyl (C=O) groups excluding carboxylic acids is 1. The predicted octanol–water partition coefficient (Wildman–Crippen LogP) is 2.02. The number of amides is 1. The van der Waals surface area contributed by atoms with E-state index in [0.29, 0.717) is 18.1 Å². The number of hydrogen-bond acceptors (Lipinski definition) is 6. The minimum Gasteiger partial charge on any atom is -0.447 e. The summed E-state index contributed by atoms with van der Waals surface area (Å²) in [5.41, 5.74) is 0.386. The van der Waals surface area contributed by atoms with Crippen LogP contribution in [0.1, 0.15) is 68.2 Å². The molecule has 0 radical (unpaired) electrons. The van der Waals surface area contributed by atoms with Gasteiger partial charge in [0, 0.05) is 38.8 Å². The maximum Gasteiger partial charge on any atom is 0.273 e. The van der Waals surface area contributed by atoms with Gasteiger partial charge >= 0.3 is 0 Å². The van der Waals surface area contributed by atoms with Crippen molar-refractivity contribution < 1.29 is 14.3 Å². The van der Waals surface area contributed by atoms with Crippen LogP contribution in [0.2, 0.25) is 0 Å². The van der Waals surface area contributed by atoms with Gasteiger partial charge in [0.1, 0.15) is 6.26 Å². The zero-order chi connectivity index (χ0) is 19.1. The molecule has 1 aromatic rings. The van der Waals surface area contributed by atoms with E-state index in [1.165, 1.54) is 25.5 Å². The minimum absolute atomic E-state index is 0.119. The first kappa shape index (κ1) is 20.3. The summed E-state index contributed by atoms with van der Waals surface area (Å²) in [7, 11) is 0. The molecule has 2 aliphatic rings. The molecule has 1 aliphatic carbocycles. The molecule has 152 valence electrons. The lowest BCUT2D eigenvalue weighted by atomic mass is 9.95. The summed E-state index contributed by atoms with van der Waals surface area (Å²) in [6.45, 7) is 7.21. The SMILES string of the molecule is CCC[C@@H](O)CN1CCN(Cc2nc(C(=O)NC3CCCCC3)co2)CC1. The number of aromatic nitrogens is 1. The monoisotopic (exact) mass is 378 g/mol. The standard InChI is InChI=1S/C20H34N4O3/c1-2-6-17(25)13-23-9-11-24(12-10-23)14-19-22-18(15-27-19)20(26)21-16-7-4-3-5-8-16/h15-17,25H,2-14H2,1H3,(H,21,26)/t17-/m1/s1. The van der Waals surface area contributed by atoms with Crippen LogP contribution in [0, 0.1) is 0 Å². The fourth-order valence-electron chi connectivity index (χ4n) is 4.04. The van der Waals surface area contributed by atoms with Crippen molar-refractivity contribution >= 4 is 5.91 Å². The normalized spacial score (nSPS) is 21.3. The number of aliphatic hydroxyl groups is 1. The van der Waals surface area contributed by atoms with Crippen molar-refractivity contribution in [1.29, 1.82) is 0 Å². The zero-order valence-corrected chi connectivity index (χ0v) is 16.5. The average Bonchev–Trinajstić information content (AvgIpc) is 3.13. The van der Waals surface area contributed by atoms with E-state index in [1.54, 1.807) is 0 Å². The van der Waals surface area contributed by atoms with Gasteiger partial charge in [-0.25, -0.2) is 4.98 Å². The Bertz CT molecular complexity index is 578. The fourth-order valence-corrected chi connectivity index (χ4v) is 4.04. The Kier molecular flexibility index (Phi) is 7.67. The summed E-state index contributed by atoms with van der Waals surface area (Å²) in [6, 6.07) is 0.280. The van der Waals surface area contributed by atoms with Gasteiger partial charge in [-0.05, 0) is 19.3 Å². The highest BCUT2D eigenvalue weighted by Gasteiger charge is 2.22. The molecule has 0 bridgehead atoms. The molecule has 7 nitrogen and oxygen atoms in total. The van der Waals surface area contributed by atoms with E-state index < -0.39 is 0 Å². The lowest BCUT2D eigenvalue weighted by molar-refractivity contribution is 0.0634. The Hall–Kier alpha value is -1.44. The first-order chi connectivity index (χ1) is 13.1. The Balaban J connectivity index is 1.41. The van der Waals surface area contributed by atoms with Crippen LogP contribution in [0.25, 0.3) is 0 Å². The van der Waals surface area contributed by atoms with Crippen molar-refractivity contribution in [3.63, 3.8) is 0 Å². The third-order valence-electron chi connectivity index (χ3n) is 5.64. The zero-order valence-electron chi connectivity index (χ0n) is 16.5. The van der Waals surface area contributed by atoms with E-state index in [4.69, 9.17) is 4.42 Å². The van der Waals surface area contributed by atoms with Crippen molar-refractivity contribution in [3.05, 3.63) is 17.8 Å². The highest BCUT2D eigenvalue weighted by Crippen LogP contribution is 2.18. The van der Waals surface area contributed by atoms with Crippen LogP contribution in [0.15, 0.2) is 10.7 Å². The Morgan fingerprint density at radius 2 is 1.96 bits per heavy atom. The van der Waals surface area contributed by atoms with Crippen LogP contribution in [0.4, 0.5) is 0 Å². The van der Waals surface area contributed by atoms with Crippen molar-refractivity contribution in [2.75, 3.05) is 32.7 Å².